The van der Waals surface area contributed by atoms with E-state index in [2.05, 4.69) is 30.3 Å². The fraction of sp³-hybridized carbons (Fsp3) is 0.636. The molecule has 0 amide bonds. The number of rotatable bonds is 16. The van der Waals surface area contributed by atoms with Gasteiger partial charge in [0.25, 0.3) is 0 Å². The van der Waals surface area contributed by atoms with E-state index in [1.807, 2.05) is 12.1 Å². The highest BCUT2D eigenvalue weighted by Crippen LogP contribution is 2.11. The molecule has 0 unspecified atom stereocenters. The molecule has 0 aliphatic rings. The van der Waals surface area contributed by atoms with Crippen molar-refractivity contribution in [1.82, 2.24) is 0 Å². The quantitative estimate of drug-likeness (QED) is 0.295. The number of benzene rings is 1. The van der Waals surface area contributed by atoms with Gasteiger partial charge in [-0.1, -0.05) is 93.9 Å². The smallest absolute Gasteiger partial charge is 0.0716 e. The summed E-state index contributed by atoms with van der Waals surface area (Å²) in [6.07, 6.45) is 18.4. The summed E-state index contributed by atoms with van der Waals surface area (Å²) < 4.78 is 5.71. The van der Waals surface area contributed by atoms with E-state index < -0.39 is 0 Å². The van der Waals surface area contributed by atoms with E-state index >= 15 is 0 Å². The van der Waals surface area contributed by atoms with Crippen molar-refractivity contribution in [3.63, 3.8) is 0 Å². The third-order valence-electron chi connectivity index (χ3n) is 4.29. The molecule has 0 saturated carbocycles. The highest BCUT2D eigenvalue weighted by atomic mass is 16.5. The Bertz CT molecular complexity index is 386. The largest absolute Gasteiger partial charge is 0.392 e. The Morgan fingerprint density at radius 2 is 1.29 bits per heavy atom. The lowest BCUT2D eigenvalue weighted by molar-refractivity contribution is 0.116. The highest BCUT2D eigenvalue weighted by Gasteiger charge is 1.95. The summed E-state index contributed by atoms with van der Waals surface area (Å²) >= 11 is 0. The van der Waals surface area contributed by atoms with Crippen LogP contribution in [0.25, 0.3) is 0 Å². The SMILES string of the molecule is OC/C=C\CCCCCCCCCCCCOCc1ccccc1. The second-order valence-electron chi connectivity index (χ2n) is 6.52. The number of hydrogen-bond acceptors (Lipinski definition) is 2. The first-order valence-electron chi connectivity index (χ1n) is 9.81. The van der Waals surface area contributed by atoms with Gasteiger partial charge in [0.1, 0.15) is 0 Å². The Morgan fingerprint density at radius 1 is 0.708 bits per heavy atom. The van der Waals surface area contributed by atoms with Crippen LogP contribution in [0, 0.1) is 0 Å². The molecule has 0 aliphatic carbocycles. The Kier molecular flexibility index (Phi) is 14.6. The van der Waals surface area contributed by atoms with Crippen molar-refractivity contribution >= 4 is 0 Å². The number of aliphatic hydroxyl groups excluding tert-OH is 1. The molecule has 0 fully saturated rings. The van der Waals surface area contributed by atoms with Gasteiger partial charge in [-0.05, 0) is 24.8 Å². The molecule has 0 radical (unpaired) electrons. The Hall–Kier alpha value is -1.12. The lowest BCUT2D eigenvalue weighted by atomic mass is 10.1. The number of hydrogen-bond donors (Lipinski definition) is 1. The van der Waals surface area contributed by atoms with Gasteiger partial charge >= 0.3 is 0 Å². The van der Waals surface area contributed by atoms with Crippen LogP contribution in [0.4, 0.5) is 0 Å². The first-order chi connectivity index (χ1) is 11.9. The molecule has 0 spiro atoms. The molecule has 0 bridgehead atoms. The molecular formula is C22H36O2. The number of allylic oxidation sites excluding steroid dienone is 1. The molecule has 2 heteroatoms. The zero-order chi connectivity index (χ0) is 17.1. The van der Waals surface area contributed by atoms with Gasteiger partial charge in [0, 0.05) is 6.61 Å². The minimum atomic E-state index is 0.180. The van der Waals surface area contributed by atoms with Gasteiger partial charge in [0.15, 0.2) is 0 Å². The maximum atomic E-state index is 8.62. The van der Waals surface area contributed by atoms with Crippen LogP contribution in [0.5, 0.6) is 0 Å². The van der Waals surface area contributed by atoms with Gasteiger partial charge in [-0.3, -0.25) is 0 Å². The fourth-order valence-corrected chi connectivity index (χ4v) is 2.84. The molecule has 1 N–H and O–H groups in total. The van der Waals surface area contributed by atoms with Gasteiger partial charge in [-0.2, -0.15) is 0 Å². The Balaban J connectivity index is 1.72. The topological polar surface area (TPSA) is 29.5 Å². The first kappa shape index (κ1) is 20.9. The molecule has 0 atom stereocenters. The van der Waals surface area contributed by atoms with Crippen LogP contribution in [0.2, 0.25) is 0 Å². The number of aliphatic hydroxyl groups is 1. The third kappa shape index (κ3) is 13.3. The van der Waals surface area contributed by atoms with E-state index in [1.165, 1.54) is 69.8 Å². The monoisotopic (exact) mass is 332 g/mol. The van der Waals surface area contributed by atoms with Gasteiger partial charge < -0.3 is 9.84 Å². The molecular weight excluding hydrogens is 296 g/mol. The lowest BCUT2D eigenvalue weighted by Gasteiger charge is -2.05. The van der Waals surface area contributed by atoms with Crippen molar-refractivity contribution in [2.75, 3.05) is 13.2 Å². The molecule has 0 aliphatic heterocycles. The van der Waals surface area contributed by atoms with E-state index in [4.69, 9.17) is 9.84 Å². The summed E-state index contributed by atoms with van der Waals surface area (Å²) in [6.45, 7) is 1.81. The summed E-state index contributed by atoms with van der Waals surface area (Å²) in [5.41, 5.74) is 1.27. The van der Waals surface area contributed by atoms with Crippen molar-refractivity contribution < 1.29 is 9.84 Å². The average molecular weight is 333 g/mol. The van der Waals surface area contributed by atoms with Crippen LogP contribution < -0.4 is 0 Å². The minimum absolute atomic E-state index is 0.180. The molecule has 136 valence electrons. The number of ether oxygens (including phenoxy) is 1. The third-order valence-corrected chi connectivity index (χ3v) is 4.29. The molecule has 0 saturated heterocycles. The van der Waals surface area contributed by atoms with E-state index in [9.17, 15) is 0 Å². The van der Waals surface area contributed by atoms with Crippen molar-refractivity contribution in [1.29, 1.82) is 0 Å². The van der Waals surface area contributed by atoms with Crippen LogP contribution >= 0.6 is 0 Å². The van der Waals surface area contributed by atoms with Gasteiger partial charge in [0.05, 0.1) is 13.2 Å². The predicted molar refractivity (Wildman–Crippen MR) is 103 cm³/mol. The van der Waals surface area contributed by atoms with Crippen LogP contribution in [0.1, 0.15) is 76.2 Å². The molecule has 2 nitrogen and oxygen atoms in total. The number of unbranched alkanes of at least 4 members (excludes halogenated alkanes) is 10. The summed E-state index contributed by atoms with van der Waals surface area (Å²) in [5, 5.41) is 8.62. The standard InChI is InChI=1S/C22H36O2/c23-19-15-10-8-6-4-2-1-3-5-7-9-11-16-20-24-21-22-17-13-12-14-18-22/h10,12-15,17-18,23H,1-9,11,16,19-21H2/b15-10-. The van der Waals surface area contributed by atoms with Crippen LogP contribution in [-0.4, -0.2) is 18.3 Å². The molecule has 0 heterocycles. The zero-order valence-electron chi connectivity index (χ0n) is 15.3. The summed E-state index contributed by atoms with van der Waals surface area (Å²) in [5.74, 6) is 0. The van der Waals surface area contributed by atoms with Crippen molar-refractivity contribution in [2.45, 2.75) is 77.2 Å². The average Bonchev–Trinajstić information content (AvgIpc) is 2.62. The van der Waals surface area contributed by atoms with Gasteiger partial charge in [0.2, 0.25) is 0 Å². The van der Waals surface area contributed by atoms with Crippen LogP contribution in [0.15, 0.2) is 42.5 Å². The Morgan fingerprint density at radius 3 is 1.92 bits per heavy atom. The minimum Gasteiger partial charge on any atom is -0.392 e. The van der Waals surface area contributed by atoms with Crippen molar-refractivity contribution in [3.05, 3.63) is 48.0 Å². The zero-order valence-corrected chi connectivity index (χ0v) is 15.3. The normalized spacial score (nSPS) is 11.4. The highest BCUT2D eigenvalue weighted by molar-refractivity contribution is 5.13. The van der Waals surface area contributed by atoms with Crippen LogP contribution in [-0.2, 0) is 11.3 Å². The fourth-order valence-electron chi connectivity index (χ4n) is 2.84. The van der Waals surface area contributed by atoms with E-state index in [0.717, 1.165) is 19.6 Å². The van der Waals surface area contributed by atoms with Gasteiger partial charge in [-0.15, -0.1) is 0 Å². The van der Waals surface area contributed by atoms with Gasteiger partial charge in [-0.25, -0.2) is 0 Å². The summed E-state index contributed by atoms with van der Waals surface area (Å²) in [6, 6.07) is 10.4. The maximum Gasteiger partial charge on any atom is 0.0716 e. The van der Waals surface area contributed by atoms with Crippen LogP contribution in [0.3, 0.4) is 0 Å². The lowest BCUT2D eigenvalue weighted by Crippen LogP contribution is -1.95. The van der Waals surface area contributed by atoms with E-state index in [1.54, 1.807) is 0 Å². The molecule has 1 aromatic rings. The molecule has 0 aromatic heterocycles. The summed E-state index contributed by atoms with van der Waals surface area (Å²) in [4.78, 5) is 0. The second kappa shape index (κ2) is 16.7. The predicted octanol–water partition coefficient (Wildman–Crippen LogP) is 6.04. The van der Waals surface area contributed by atoms with E-state index in [-0.39, 0.29) is 6.61 Å². The molecule has 1 rings (SSSR count). The van der Waals surface area contributed by atoms with Crippen molar-refractivity contribution in [2.24, 2.45) is 0 Å². The molecule has 24 heavy (non-hydrogen) atoms. The second-order valence-corrected chi connectivity index (χ2v) is 6.52. The summed E-state index contributed by atoms with van der Waals surface area (Å²) in [7, 11) is 0. The molecule has 1 aromatic carbocycles. The van der Waals surface area contributed by atoms with E-state index in [0.29, 0.717) is 0 Å². The maximum absolute atomic E-state index is 8.62. The first-order valence-corrected chi connectivity index (χ1v) is 9.81. The Labute approximate surface area is 148 Å². The van der Waals surface area contributed by atoms with Crippen molar-refractivity contribution in [3.8, 4) is 0 Å².